The minimum atomic E-state index is -0.0321. The summed E-state index contributed by atoms with van der Waals surface area (Å²) < 4.78 is 5.21. The number of nitrogens with zero attached hydrogens (tertiary/aromatic N) is 2. The third kappa shape index (κ3) is 3.08. The molecule has 24 heavy (non-hydrogen) atoms. The molecule has 5 heteroatoms. The highest BCUT2D eigenvalue weighted by atomic mass is 16.5. The number of benzene rings is 1. The van der Waals surface area contributed by atoms with E-state index < -0.39 is 0 Å². The molecule has 0 aliphatic carbocycles. The largest absolute Gasteiger partial charge is 0.497 e. The van der Waals surface area contributed by atoms with Crippen LogP contribution in [0.4, 0.5) is 0 Å². The Morgan fingerprint density at radius 2 is 2.04 bits per heavy atom. The van der Waals surface area contributed by atoms with Gasteiger partial charge in [-0.1, -0.05) is 13.0 Å². The van der Waals surface area contributed by atoms with Gasteiger partial charge in [0.05, 0.1) is 12.6 Å². The molecule has 0 atom stereocenters. The predicted molar refractivity (Wildman–Crippen MR) is 93.2 cm³/mol. The van der Waals surface area contributed by atoms with E-state index in [0.717, 1.165) is 35.9 Å². The monoisotopic (exact) mass is 328 g/mol. The minimum absolute atomic E-state index is 0.0237. The third-order valence-electron chi connectivity index (χ3n) is 5.31. The summed E-state index contributed by atoms with van der Waals surface area (Å²) in [6, 6.07) is 9.31. The van der Waals surface area contributed by atoms with Crippen LogP contribution in [0.3, 0.4) is 0 Å². The molecule has 2 aromatic rings. The molecule has 1 aromatic carbocycles. The fraction of sp³-hybridized carbons (Fsp3) is 0.474. The number of rotatable bonds is 4. The van der Waals surface area contributed by atoms with E-state index in [0.29, 0.717) is 18.8 Å². The Bertz CT molecular complexity index is 730. The molecule has 1 aromatic heterocycles. The molecule has 0 radical (unpaired) electrons. The molecule has 0 saturated carbocycles. The molecule has 1 saturated heterocycles. The maximum absolute atomic E-state index is 12.7. The zero-order valence-corrected chi connectivity index (χ0v) is 14.3. The van der Waals surface area contributed by atoms with Crippen molar-refractivity contribution in [3.8, 4) is 5.75 Å². The number of methoxy groups -OCH3 is 1. The van der Waals surface area contributed by atoms with Crippen molar-refractivity contribution in [3.63, 3.8) is 0 Å². The van der Waals surface area contributed by atoms with Crippen LogP contribution in [-0.2, 0) is 0 Å². The molecular weight excluding hydrogens is 304 g/mol. The van der Waals surface area contributed by atoms with E-state index in [1.54, 1.807) is 13.2 Å². The standard InChI is InChI=1S/C19H24N2O3/c1-3-19(13-22)8-10-21(11-9-19)18(23)17-6-4-14-12-15(24-2)5-7-16(14)20-17/h4-7,12,22H,3,8-11,13H2,1-2H3. The second-order valence-corrected chi connectivity index (χ2v) is 6.56. The number of likely N-dealkylation sites (tertiary alicyclic amines) is 1. The molecule has 1 amide bonds. The summed E-state index contributed by atoms with van der Waals surface area (Å²) >= 11 is 0. The van der Waals surface area contributed by atoms with Crippen LogP contribution in [0.15, 0.2) is 30.3 Å². The van der Waals surface area contributed by atoms with Crippen LogP contribution in [0.25, 0.3) is 10.9 Å². The third-order valence-corrected chi connectivity index (χ3v) is 5.31. The van der Waals surface area contributed by atoms with Crippen LogP contribution in [-0.4, -0.2) is 47.7 Å². The van der Waals surface area contributed by atoms with Gasteiger partial charge in [-0.2, -0.15) is 0 Å². The lowest BCUT2D eigenvalue weighted by Crippen LogP contribution is -2.44. The first-order valence-corrected chi connectivity index (χ1v) is 8.46. The predicted octanol–water partition coefficient (Wildman–Crippen LogP) is 2.87. The van der Waals surface area contributed by atoms with Gasteiger partial charge in [-0.05, 0) is 48.9 Å². The van der Waals surface area contributed by atoms with Gasteiger partial charge >= 0.3 is 0 Å². The summed E-state index contributed by atoms with van der Waals surface area (Å²) in [7, 11) is 1.63. The maximum Gasteiger partial charge on any atom is 0.272 e. The molecule has 1 aliphatic heterocycles. The summed E-state index contributed by atoms with van der Waals surface area (Å²) in [6.07, 6.45) is 2.63. The fourth-order valence-corrected chi connectivity index (χ4v) is 3.32. The lowest BCUT2D eigenvalue weighted by Gasteiger charge is -2.40. The van der Waals surface area contributed by atoms with Crippen molar-refractivity contribution >= 4 is 16.8 Å². The first-order chi connectivity index (χ1) is 11.6. The van der Waals surface area contributed by atoms with E-state index in [1.165, 1.54) is 0 Å². The second-order valence-electron chi connectivity index (χ2n) is 6.56. The number of aliphatic hydroxyl groups excluding tert-OH is 1. The van der Waals surface area contributed by atoms with Gasteiger partial charge in [-0.15, -0.1) is 0 Å². The normalized spacial score (nSPS) is 17.0. The zero-order chi connectivity index (χ0) is 17.2. The quantitative estimate of drug-likeness (QED) is 0.937. The Morgan fingerprint density at radius 1 is 1.29 bits per heavy atom. The van der Waals surface area contributed by atoms with Crippen LogP contribution >= 0.6 is 0 Å². The minimum Gasteiger partial charge on any atom is -0.497 e. The lowest BCUT2D eigenvalue weighted by molar-refractivity contribution is 0.0335. The van der Waals surface area contributed by atoms with Gasteiger partial charge in [-0.3, -0.25) is 4.79 Å². The average molecular weight is 328 g/mol. The van der Waals surface area contributed by atoms with Crippen LogP contribution in [0.2, 0.25) is 0 Å². The summed E-state index contributed by atoms with van der Waals surface area (Å²) in [5.41, 5.74) is 1.24. The van der Waals surface area contributed by atoms with E-state index in [4.69, 9.17) is 4.74 Å². The van der Waals surface area contributed by atoms with Crippen molar-refractivity contribution in [2.24, 2.45) is 5.41 Å². The Balaban J connectivity index is 1.77. The Morgan fingerprint density at radius 3 is 2.67 bits per heavy atom. The molecule has 0 spiro atoms. The van der Waals surface area contributed by atoms with E-state index in [1.807, 2.05) is 29.2 Å². The van der Waals surface area contributed by atoms with Crippen molar-refractivity contribution in [2.75, 3.05) is 26.8 Å². The number of aliphatic hydroxyl groups is 1. The topological polar surface area (TPSA) is 62.7 Å². The van der Waals surface area contributed by atoms with Crippen LogP contribution in [0.1, 0.15) is 36.7 Å². The number of hydrogen-bond acceptors (Lipinski definition) is 4. The van der Waals surface area contributed by atoms with E-state index in [2.05, 4.69) is 11.9 Å². The molecular formula is C19H24N2O3. The van der Waals surface area contributed by atoms with Crippen LogP contribution < -0.4 is 4.74 Å². The zero-order valence-electron chi connectivity index (χ0n) is 14.3. The molecule has 5 nitrogen and oxygen atoms in total. The van der Waals surface area contributed by atoms with Gasteiger partial charge in [0.15, 0.2) is 0 Å². The summed E-state index contributed by atoms with van der Waals surface area (Å²) in [4.78, 5) is 19.1. The number of carbonyl (C=O) groups is 1. The maximum atomic E-state index is 12.7. The Kier molecular flexibility index (Phi) is 4.71. The van der Waals surface area contributed by atoms with E-state index in [9.17, 15) is 9.90 Å². The summed E-state index contributed by atoms with van der Waals surface area (Å²) in [6.45, 7) is 3.65. The Hall–Kier alpha value is -2.14. The highest BCUT2D eigenvalue weighted by Crippen LogP contribution is 2.34. The number of ether oxygens (including phenoxy) is 1. The first-order valence-electron chi connectivity index (χ1n) is 8.46. The molecule has 0 bridgehead atoms. The smallest absolute Gasteiger partial charge is 0.272 e. The van der Waals surface area contributed by atoms with Crippen molar-refractivity contribution in [1.82, 2.24) is 9.88 Å². The number of carbonyl (C=O) groups excluding carboxylic acids is 1. The highest BCUT2D eigenvalue weighted by molar-refractivity contribution is 5.95. The Labute approximate surface area is 142 Å². The van der Waals surface area contributed by atoms with E-state index in [-0.39, 0.29) is 17.9 Å². The highest BCUT2D eigenvalue weighted by Gasteiger charge is 2.34. The van der Waals surface area contributed by atoms with Gasteiger partial charge in [0, 0.05) is 25.1 Å². The lowest BCUT2D eigenvalue weighted by atomic mass is 9.77. The average Bonchev–Trinajstić information content (AvgIpc) is 2.66. The molecule has 1 aliphatic rings. The van der Waals surface area contributed by atoms with Gasteiger partial charge in [0.25, 0.3) is 5.91 Å². The molecule has 2 heterocycles. The molecule has 1 fully saturated rings. The fourth-order valence-electron chi connectivity index (χ4n) is 3.32. The number of piperidine rings is 1. The molecule has 3 rings (SSSR count). The molecule has 128 valence electrons. The van der Waals surface area contributed by atoms with Crippen molar-refractivity contribution in [2.45, 2.75) is 26.2 Å². The SMILES string of the molecule is CCC1(CO)CCN(C(=O)c2ccc3cc(OC)ccc3n2)CC1. The second kappa shape index (κ2) is 6.77. The van der Waals surface area contributed by atoms with Crippen LogP contribution in [0.5, 0.6) is 5.75 Å². The number of pyridine rings is 1. The van der Waals surface area contributed by atoms with Gasteiger partial charge in [0.1, 0.15) is 11.4 Å². The van der Waals surface area contributed by atoms with Crippen molar-refractivity contribution in [3.05, 3.63) is 36.0 Å². The number of amides is 1. The molecule has 0 unspecified atom stereocenters. The number of hydrogen-bond donors (Lipinski definition) is 1. The van der Waals surface area contributed by atoms with Gasteiger partial charge < -0.3 is 14.7 Å². The van der Waals surface area contributed by atoms with Gasteiger partial charge in [-0.25, -0.2) is 4.98 Å². The van der Waals surface area contributed by atoms with Crippen molar-refractivity contribution in [1.29, 1.82) is 0 Å². The number of aromatic nitrogens is 1. The van der Waals surface area contributed by atoms with Crippen LogP contribution in [0, 0.1) is 5.41 Å². The first kappa shape index (κ1) is 16.7. The summed E-state index contributed by atoms with van der Waals surface area (Å²) in [5.74, 6) is 0.745. The van der Waals surface area contributed by atoms with Gasteiger partial charge in [0.2, 0.25) is 0 Å². The summed E-state index contributed by atoms with van der Waals surface area (Å²) in [5, 5.41) is 10.6. The van der Waals surface area contributed by atoms with E-state index >= 15 is 0 Å². The van der Waals surface area contributed by atoms with Crippen molar-refractivity contribution < 1.29 is 14.6 Å². The number of fused-ring (bicyclic) bond motifs is 1. The molecule has 1 N–H and O–H groups in total.